The van der Waals surface area contributed by atoms with Gasteiger partial charge in [0.2, 0.25) is 23.6 Å². The standard InChI is InChI=1S/C47H59N5O7S3/c1-30-11-17-36(18-12-30)24-60-27-39(48)43(54)52-42(34(5)53)46(57)51-41(29-62-26-38-21-15-32(3)16-22-38)45(56)50-40(28-61-25-37-19-13-31(2)14-20-37)44(55)49-33(4)47(58)59-23-35-9-7-6-8-10-35/h6-22,33-34,39-42,53H,23-29,48H2,1-5H3,(H,49,55)(H,50,56)(H,51,57)(H,52,54)/t33-,34+,39-,40-,41-,42-/m0/s1. The topological polar surface area (TPSA) is 189 Å². The Balaban J connectivity index is 1.47. The Morgan fingerprint density at radius 1 is 0.548 bits per heavy atom. The molecule has 0 spiro atoms. The summed E-state index contributed by atoms with van der Waals surface area (Å²) < 4.78 is 5.44. The number of nitrogens with two attached hydrogens (primary N) is 1. The van der Waals surface area contributed by atoms with Gasteiger partial charge in [0.05, 0.1) is 12.1 Å². The molecule has 4 amide bonds. The summed E-state index contributed by atoms with van der Waals surface area (Å²) in [6, 6.07) is 27.4. The van der Waals surface area contributed by atoms with Gasteiger partial charge in [-0.25, -0.2) is 4.79 Å². The van der Waals surface area contributed by atoms with Crippen LogP contribution in [0.15, 0.2) is 103 Å². The zero-order valence-electron chi connectivity index (χ0n) is 35.9. The number of hydrogen-bond acceptors (Lipinski definition) is 11. The summed E-state index contributed by atoms with van der Waals surface area (Å²) in [5.74, 6) is -1.15. The van der Waals surface area contributed by atoms with Gasteiger partial charge in [-0.1, -0.05) is 120 Å². The number of thioether (sulfide) groups is 3. The predicted octanol–water partition coefficient (Wildman–Crippen LogP) is 5.12. The quantitative estimate of drug-likeness (QED) is 0.0513. The number of carbonyl (C=O) groups is 5. The molecule has 0 saturated heterocycles. The summed E-state index contributed by atoms with van der Waals surface area (Å²) in [4.78, 5) is 68.0. The lowest BCUT2D eigenvalue weighted by Crippen LogP contribution is -2.61. The van der Waals surface area contributed by atoms with Crippen LogP contribution in [0, 0.1) is 20.8 Å². The van der Waals surface area contributed by atoms with Gasteiger partial charge in [0.15, 0.2) is 0 Å². The van der Waals surface area contributed by atoms with Crippen molar-refractivity contribution in [1.29, 1.82) is 0 Å². The monoisotopic (exact) mass is 901 g/mol. The van der Waals surface area contributed by atoms with Crippen molar-refractivity contribution in [3.8, 4) is 0 Å². The Labute approximate surface area is 378 Å². The van der Waals surface area contributed by atoms with Gasteiger partial charge in [-0.05, 0) is 56.9 Å². The molecule has 0 fully saturated rings. The highest BCUT2D eigenvalue weighted by molar-refractivity contribution is 7.99. The van der Waals surface area contributed by atoms with E-state index in [4.69, 9.17) is 10.5 Å². The van der Waals surface area contributed by atoms with E-state index in [0.29, 0.717) is 17.3 Å². The number of aliphatic hydroxyl groups is 1. The van der Waals surface area contributed by atoms with Crippen LogP contribution in [0.1, 0.15) is 52.8 Å². The molecule has 332 valence electrons. The second-order valence-corrected chi connectivity index (χ2v) is 18.4. The van der Waals surface area contributed by atoms with E-state index in [-0.39, 0.29) is 23.9 Å². The average molecular weight is 902 g/mol. The molecule has 0 unspecified atom stereocenters. The Kier molecular flexibility index (Phi) is 20.9. The fourth-order valence-corrected chi connectivity index (χ4v) is 8.80. The maximum Gasteiger partial charge on any atom is 0.328 e. The molecule has 4 aromatic rings. The van der Waals surface area contributed by atoms with Crippen LogP contribution >= 0.6 is 35.3 Å². The Morgan fingerprint density at radius 2 is 0.968 bits per heavy atom. The summed E-state index contributed by atoms with van der Waals surface area (Å²) in [7, 11) is 0. The van der Waals surface area contributed by atoms with Crippen molar-refractivity contribution in [1.82, 2.24) is 21.3 Å². The molecule has 4 rings (SSSR count). The van der Waals surface area contributed by atoms with Crippen LogP contribution in [0.3, 0.4) is 0 Å². The molecule has 12 nitrogen and oxygen atoms in total. The normalized spacial score (nSPS) is 14.0. The zero-order chi connectivity index (χ0) is 45.0. The van der Waals surface area contributed by atoms with Crippen LogP contribution < -0.4 is 27.0 Å². The van der Waals surface area contributed by atoms with Gasteiger partial charge in [0, 0.05) is 34.5 Å². The summed E-state index contributed by atoms with van der Waals surface area (Å²) in [5.41, 5.74) is 13.5. The van der Waals surface area contributed by atoms with Gasteiger partial charge in [-0.3, -0.25) is 19.2 Å². The molecule has 0 radical (unpaired) electrons. The molecule has 0 aliphatic carbocycles. The van der Waals surface area contributed by atoms with Crippen molar-refractivity contribution in [3.05, 3.63) is 142 Å². The summed E-state index contributed by atoms with van der Waals surface area (Å²) in [6.07, 6.45) is -1.34. The van der Waals surface area contributed by atoms with Crippen LogP contribution in [-0.4, -0.2) is 88.3 Å². The number of aryl methyl sites for hydroxylation is 3. The van der Waals surface area contributed by atoms with Crippen molar-refractivity contribution in [3.63, 3.8) is 0 Å². The molecular formula is C47H59N5O7S3. The smallest absolute Gasteiger partial charge is 0.328 e. The van der Waals surface area contributed by atoms with Crippen LogP contribution in [0.25, 0.3) is 0 Å². The van der Waals surface area contributed by atoms with Crippen molar-refractivity contribution >= 4 is 64.9 Å². The predicted molar refractivity (Wildman–Crippen MR) is 251 cm³/mol. The molecule has 6 atom stereocenters. The highest BCUT2D eigenvalue weighted by Gasteiger charge is 2.33. The van der Waals surface area contributed by atoms with E-state index in [1.54, 1.807) is 0 Å². The largest absolute Gasteiger partial charge is 0.459 e. The van der Waals surface area contributed by atoms with E-state index in [9.17, 15) is 29.1 Å². The third-order valence-electron chi connectivity index (χ3n) is 9.64. The lowest BCUT2D eigenvalue weighted by molar-refractivity contribution is -0.148. The first-order valence-electron chi connectivity index (χ1n) is 20.4. The highest BCUT2D eigenvalue weighted by atomic mass is 32.2. The second kappa shape index (κ2) is 26.0. The van der Waals surface area contributed by atoms with Gasteiger partial charge in [-0.2, -0.15) is 35.3 Å². The first-order valence-corrected chi connectivity index (χ1v) is 23.9. The van der Waals surface area contributed by atoms with E-state index in [1.807, 2.05) is 124 Å². The van der Waals surface area contributed by atoms with E-state index in [2.05, 4.69) is 21.3 Å². The molecule has 62 heavy (non-hydrogen) atoms. The number of nitrogens with one attached hydrogen (secondary N) is 4. The first kappa shape index (κ1) is 49.9. The van der Waals surface area contributed by atoms with Crippen LogP contribution in [0.2, 0.25) is 0 Å². The van der Waals surface area contributed by atoms with Crippen LogP contribution in [-0.2, 0) is 52.6 Å². The minimum absolute atomic E-state index is 0.0287. The molecule has 0 bridgehead atoms. The lowest BCUT2D eigenvalue weighted by atomic mass is 10.1. The third kappa shape index (κ3) is 17.5. The van der Waals surface area contributed by atoms with E-state index in [1.165, 1.54) is 49.1 Å². The number of carbonyl (C=O) groups excluding carboxylic acids is 5. The van der Waals surface area contributed by atoms with Gasteiger partial charge >= 0.3 is 5.97 Å². The molecule has 7 N–H and O–H groups in total. The maximum atomic E-state index is 14.2. The third-order valence-corrected chi connectivity index (χ3v) is 13.0. The van der Waals surface area contributed by atoms with E-state index < -0.39 is 65.9 Å². The molecule has 15 heteroatoms. The van der Waals surface area contributed by atoms with Gasteiger partial charge < -0.3 is 36.8 Å². The Hall–Kier alpha value is -4.80. The number of esters is 1. The molecule has 0 heterocycles. The lowest BCUT2D eigenvalue weighted by Gasteiger charge is -2.27. The number of ether oxygens (including phenoxy) is 1. The summed E-state index contributed by atoms with van der Waals surface area (Å²) in [6.45, 7) is 8.88. The van der Waals surface area contributed by atoms with Crippen molar-refractivity contribution < 1.29 is 33.8 Å². The highest BCUT2D eigenvalue weighted by Crippen LogP contribution is 2.18. The molecular weight excluding hydrogens is 843 g/mol. The minimum Gasteiger partial charge on any atom is -0.459 e. The van der Waals surface area contributed by atoms with Gasteiger partial charge in [0.25, 0.3) is 0 Å². The van der Waals surface area contributed by atoms with Crippen LogP contribution in [0.5, 0.6) is 0 Å². The summed E-state index contributed by atoms with van der Waals surface area (Å²) in [5, 5.41) is 21.5. The van der Waals surface area contributed by atoms with Crippen molar-refractivity contribution in [2.45, 2.75) is 94.8 Å². The number of benzene rings is 4. The summed E-state index contributed by atoms with van der Waals surface area (Å²) >= 11 is 4.28. The Bertz CT molecular complexity index is 2040. The van der Waals surface area contributed by atoms with Gasteiger partial charge in [-0.15, -0.1) is 0 Å². The van der Waals surface area contributed by atoms with Gasteiger partial charge in [0.1, 0.15) is 30.8 Å². The van der Waals surface area contributed by atoms with Crippen LogP contribution in [0.4, 0.5) is 0 Å². The van der Waals surface area contributed by atoms with E-state index >= 15 is 0 Å². The van der Waals surface area contributed by atoms with Crippen molar-refractivity contribution in [2.24, 2.45) is 5.73 Å². The number of aliphatic hydroxyl groups excluding tert-OH is 1. The SMILES string of the molecule is Cc1ccc(CSC[C@H](NC(=O)[C@H](CSCc2ccc(C)cc2)NC(=O)[C@@H](NC(=O)[C@@H](N)CSCc2ccc(C)cc2)[C@@H](C)O)C(=O)N[C@@H](C)C(=O)OCc2ccccc2)cc1. The fourth-order valence-electron chi connectivity index (χ4n) is 5.81. The molecule has 0 aliphatic rings. The minimum atomic E-state index is -1.43. The average Bonchev–Trinajstić information content (AvgIpc) is 3.25. The van der Waals surface area contributed by atoms with Crippen molar-refractivity contribution in [2.75, 3.05) is 17.3 Å². The second-order valence-electron chi connectivity index (χ2n) is 15.3. The first-order chi connectivity index (χ1) is 29.7. The number of rotatable bonds is 24. The Morgan fingerprint density at radius 3 is 1.42 bits per heavy atom. The number of hydrogen-bond donors (Lipinski definition) is 6. The maximum absolute atomic E-state index is 14.2. The van der Waals surface area contributed by atoms with E-state index in [0.717, 1.165) is 38.9 Å². The molecule has 0 aliphatic heterocycles. The molecule has 0 aromatic heterocycles. The fraction of sp³-hybridized carbons (Fsp3) is 0.383. The molecule has 0 saturated carbocycles. The molecule has 4 aromatic carbocycles. The zero-order valence-corrected chi connectivity index (χ0v) is 38.4. The number of amides is 4.